The fraction of sp³-hybridized carbons (Fsp3) is 0.235. The van der Waals surface area contributed by atoms with Crippen LogP contribution in [0.15, 0.2) is 35.3 Å². The van der Waals surface area contributed by atoms with Crippen LogP contribution in [0.5, 0.6) is 0 Å². The van der Waals surface area contributed by atoms with Crippen molar-refractivity contribution in [2.75, 3.05) is 5.32 Å². The van der Waals surface area contributed by atoms with Gasteiger partial charge in [-0.1, -0.05) is 17.7 Å². The number of thiazole rings is 1. The van der Waals surface area contributed by atoms with E-state index >= 15 is 0 Å². The van der Waals surface area contributed by atoms with Gasteiger partial charge in [0.1, 0.15) is 5.02 Å². The molecule has 0 saturated heterocycles. The molecule has 0 spiro atoms. The second kappa shape index (κ2) is 7.32. The Labute approximate surface area is 161 Å². The number of anilines is 1. The third-order valence-corrected chi connectivity index (χ3v) is 5.08. The molecule has 142 valence electrons. The second-order valence-electron chi connectivity index (χ2n) is 5.73. The predicted molar refractivity (Wildman–Crippen MR) is 98.8 cm³/mol. The van der Waals surface area contributed by atoms with Gasteiger partial charge in [0.2, 0.25) is 0 Å². The smallest absolute Gasteiger partial charge is 0.377 e. The lowest BCUT2D eigenvalue weighted by molar-refractivity contribution is -0.137. The summed E-state index contributed by atoms with van der Waals surface area (Å²) in [5.74, 6) is 0. The summed E-state index contributed by atoms with van der Waals surface area (Å²) in [6.07, 6.45) is -3.22. The monoisotopic (exact) mass is 414 g/mol. The number of alkyl halides is 3. The first-order valence-corrected chi connectivity index (χ1v) is 8.98. The molecule has 0 radical (unpaired) electrons. The van der Waals surface area contributed by atoms with E-state index in [4.69, 9.17) is 11.6 Å². The Morgan fingerprint density at radius 3 is 2.67 bits per heavy atom. The molecule has 0 amide bonds. The molecule has 3 aromatic rings. The Hall–Kier alpha value is -2.39. The highest BCUT2D eigenvalue weighted by Crippen LogP contribution is 2.30. The van der Waals surface area contributed by atoms with Gasteiger partial charge < -0.3 is 5.32 Å². The number of aromatic nitrogens is 3. The highest BCUT2D eigenvalue weighted by molar-refractivity contribution is 7.11. The first-order valence-electron chi connectivity index (χ1n) is 7.79. The van der Waals surface area contributed by atoms with Crippen LogP contribution in [0.1, 0.15) is 21.1 Å². The van der Waals surface area contributed by atoms with E-state index in [2.05, 4.69) is 15.4 Å². The largest absolute Gasteiger partial charge is 0.416 e. The lowest BCUT2D eigenvalue weighted by atomic mass is 10.2. The maximum Gasteiger partial charge on any atom is 0.416 e. The molecule has 5 nitrogen and oxygen atoms in total. The third kappa shape index (κ3) is 4.14. The van der Waals surface area contributed by atoms with Crippen LogP contribution in [0.3, 0.4) is 0 Å². The lowest BCUT2D eigenvalue weighted by Gasteiger charge is -2.12. The van der Waals surface area contributed by atoms with E-state index in [1.54, 1.807) is 11.3 Å². The van der Waals surface area contributed by atoms with Crippen LogP contribution in [-0.4, -0.2) is 14.8 Å². The Balaban J connectivity index is 1.89. The summed E-state index contributed by atoms with van der Waals surface area (Å²) < 4.78 is 39.5. The van der Waals surface area contributed by atoms with Crippen molar-refractivity contribution < 1.29 is 13.2 Å². The number of aryl methyl sites for hydroxylation is 2. The highest BCUT2D eigenvalue weighted by atomic mass is 35.5. The van der Waals surface area contributed by atoms with Crippen molar-refractivity contribution in [2.45, 2.75) is 26.6 Å². The zero-order valence-electron chi connectivity index (χ0n) is 14.3. The summed E-state index contributed by atoms with van der Waals surface area (Å²) in [7, 11) is 0. The minimum Gasteiger partial charge on any atom is -0.377 e. The number of hydrogen-bond acceptors (Lipinski definition) is 5. The second-order valence-corrected chi connectivity index (χ2v) is 7.51. The molecule has 2 aromatic heterocycles. The molecule has 0 aliphatic carbocycles. The van der Waals surface area contributed by atoms with E-state index in [1.165, 1.54) is 18.3 Å². The zero-order valence-corrected chi connectivity index (χ0v) is 15.8. The van der Waals surface area contributed by atoms with Crippen molar-refractivity contribution >= 4 is 28.6 Å². The average Bonchev–Trinajstić information content (AvgIpc) is 2.93. The number of halogens is 4. The van der Waals surface area contributed by atoms with Crippen molar-refractivity contribution in [2.24, 2.45) is 0 Å². The summed E-state index contributed by atoms with van der Waals surface area (Å²) in [4.78, 5) is 17.9. The maximum atomic E-state index is 12.9. The topological polar surface area (TPSA) is 59.8 Å². The van der Waals surface area contributed by atoms with Gasteiger partial charge >= 0.3 is 6.18 Å². The molecule has 0 unspecified atom stereocenters. The van der Waals surface area contributed by atoms with Crippen molar-refractivity contribution in [3.05, 3.63) is 67.0 Å². The average molecular weight is 415 g/mol. The Bertz CT molecular complexity index is 1050. The summed E-state index contributed by atoms with van der Waals surface area (Å²) >= 11 is 7.67. The molecule has 0 aliphatic rings. The first-order chi connectivity index (χ1) is 12.7. The van der Waals surface area contributed by atoms with Gasteiger partial charge in [0.25, 0.3) is 5.56 Å². The van der Waals surface area contributed by atoms with Gasteiger partial charge in [0.15, 0.2) is 0 Å². The number of benzene rings is 1. The number of rotatable bonds is 4. The van der Waals surface area contributed by atoms with E-state index in [1.807, 2.05) is 13.8 Å². The van der Waals surface area contributed by atoms with Crippen LogP contribution < -0.4 is 10.9 Å². The SMILES string of the molecule is Cc1nc(CNc2cnn(-c3cccc(C(F)(F)F)c3)c(=O)c2Cl)c(C)s1. The molecule has 0 fully saturated rings. The van der Waals surface area contributed by atoms with Gasteiger partial charge in [-0.25, -0.2) is 4.98 Å². The Morgan fingerprint density at radius 2 is 2.04 bits per heavy atom. The molecular weight excluding hydrogens is 401 g/mol. The van der Waals surface area contributed by atoms with E-state index in [9.17, 15) is 18.0 Å². The van der Waals surface area contributed by atoms with Gasteiger partial charge in [-0.15, -0.1) is 11.3 Å². The van der Waals surface area contributed by atoms with Gasteiger partial charge in [-0.3, -0.25) is 4.79 Å². The van der Waals surface area contributed by atoms with E-state index in [-0.39, 0.29) is 16.4 Å². The number of nitrogens with one attached hydrogen (secondary N) is 1. The van der Waals surface area contributed by atoms with Crippen molar-refractivity contribution in [3.63, 3.8) is 0 Å². The van der Waals surface area contributed by atoms with Crippen LogP contribution in [0.25, 0.3) is 5.69 Å². The molecule has 3 rings (SSSR count). The molecule has 0 bridgehead atoms. The quantitative estimate of drug-likeness (QED) is 0.678. The number of nitrogens with zero attached hydrogens (tertiary/aromatic N) is 3. The standard InChI is InChI=1S/C17H14ClF3N4OS/c1-9-13(24-10(2)27-9)7-22-14-8-23-25(16(26)15(14)18)12-5-3-4-11(6-12)17(19,20)21/h3-6,8,22H,7H2,1-2H3. The van der Waals surface area contributed by atoms with Crippen LogP contribution in [0, 0.1) is 13.8 Å². The molecule has 0 atom stereocenters. The minimum absolute atomic E-state index is 0.0192. The van der Waals surface area contributed by atoms with Gasteiger partial charge in [-0.2, -0.15) is 23.0 Å². The molecular formula is C17H14ClF3N4OS. The zero-order chi connectivity index (χ0) is 19.8. The van der Waals surface area contributed by atoms with E-state index in [0.29, 0.717) is 6.54 Å². The molecule has 1 N–H and O–H groups in total. The molecule has 0 aliphatic heterocycles. The van der Waals surface area contributed by atoms with Crippen molar-refractivity contribution in [1.29, 1.82) is 0 Å². The molecule has 10 heteroatoms. The first kappa shape index (κ1) is 19.4. The summed E-state index contributed by atoms with van der Waals surface area (Å²) in [6, 6.07) is 4.33. The maximum absolute atomic E-state index is 12.9. The molecule has 1 aromatic carbocycles. The summed E-state index contributed by atoms with van der Waals surface area (Å²) in [5, 5.41) is 7.70. The molecule has 27 heavy (non-hydrogen) atoms. The summed E-state index contributed by atoms with van der Waals surface area (Å²) in [5.41, 5.74) is -0.492. The predicted octanol–water partition coefficient (Wildman–Crippen LogP) is 4.59. The fourth-order valence-electron chi connectivity index (χ4n) is 2.47. The highest BCUT2D eigenvalue weighted by Gasteiger charge is 2.30. The number of hydrogen-bond donors (Lipinski definition) is 1. The summed E-state index contributed by atoms with van der Waals surface area (Å²) in [6.45, 7) is 4.18. The minimum atomic E-state index is -4.52. The fourth-order valence-corrected chi connectivity index (χ4v) is 3.50. The Morgan fingerprint density at radius 1 is 1.30 bits per heavy atom. The normalized spacial score (nSPS) is 11.6. The van der Waals surface area contributed by atoms with Crippen LogP contribution in [0.4, 0.5) is 18.9 Å². The van der Waals surface area contributed by atoms with Crippen LogP contribution in [0.2, 0.25) is 5.02 Å². The van der Waals surface area contributed by atoms with Crippen LogP contribution in [-0.2, 0) is 12.7 Å². The molecule has 2 heterocycles. The van der Waals surface area contributed by atoms with Crippen molar-refractivity contribution in [3.8, 4) is 5.69 Å². The molecule has 0 saturated carbocycles. The van der Waals surface area contributed by atoms with Crippen LogP contribution >= 0.6 is 22.9 Å². The van der Waals surface area contributed by atoms with Gasteiger partial charge in [-0.05, 0) is 32.0 Å². The van der Waals surface area contributed by atoms with E-state index in [0.717, 1.165) is 32.4 Å². The lowest BCUT2D eigenvalue weighted by Crippen LogP contribution is -2.23. The van der Waals surface area contributed by atoms with E-state index < -0.39 is 17.3 Å². The third-order valence-electron chi connectivity index (χ3n) is 3.78. The van der Waals surface area contributed by atoms with Crippen molar-refractivity contribution in [1.82, 2.24) is 14.8 Å². The van der Waals surface area contributed by atoms with Gasteiger partial charge in [0, 0.05) is 4.88 Å². The Kier molecular flexibility index (Phi) is 5.25. The van der Waals surface area contributed by atoms with Gasteiger partial charge in [0.05, 0.1) is 40.4 Å².